The number of hydrogen-bond acceptors (Lipinski definition) is 7. The van der Waals surface area contributed by atoms with Crippen LogP contribution >= 0.6 is 0 Å². The third-order valence-corrected chi connectivity index (χ3v) is 3.37. The van der Waals surface area contributed by atoms with Gasteiger partial charge in [0.05, 0.1) is 19.9 Å². The second kappa shape index (κ2) is 8.35. The van der Waals surface area contributed by atoms with E-state index < -0.39 is 0 Å². The molecular formula is C17H25N5O2. The summed E-state index contributed by atoms with van der Waals surface area (Å²) in [6.07, 6.45) is 0. The van der Waals surface area contributed by atoms with Crippen LogP contribution in [0.2, 0.25) is 0 Å². The van der Waals surface area contributed by atoms with E-state index >= 15 is 0 Å². The summed E-state index contributed by atoms with van der Waals surface area (Å²) in [6.45, 7) is 3.60. The van der Waals surface area contributed by atoms with Crippen LogP contribution in [0.25, 0.3) is 0 Å². The van der Waals surface area contributed by atoms with Gasteiger partial charge >= 0.3 is 0 Å². The summed E-state index contributed by atoms with van der Waals surface area (Å²) < 4.78 is 10.7. The van der Waals surface area contributed by atoms with E-state index in [2.05, 4.69) is 25.5 Å². The first-order valence-electron chi connectivity index (χ1n) is 7.75. The van der Waals surface area contributed by atoms with Gasteiger partial charge in [0.15, 0.2) is 0 Å². The number of nitrogens with one attached hydrogen (secondary N) is 2. The minimum Gasteiger partial charge on any atom is -0.497 e. The Morgan fingerprint density at radius 3 is 2.46 bits per heavy atom. The zero-order valence-corrected chi connectivity index (χ0v) is 14.9. The minimum atomic E-state index is 0.689. The Labute approximate surface area is 143 Å². The third-order valence-electron chi connectivity index (χ3n) is 3.37. The average Bonchev–Trinajstić information content (AvgIpc) is 2.54. The fourth-order valence-electron chi connectivity index (χ4n) is 2.18. The zero-order valence-electron chi connectivity index (χ0n) is 14.9. The van der Waals surface area contributed by atoms with Crippen molar-refractivity contribution in [3.05, 3.63) is 30.1 Å². The van der Waals surface area contributed by atoms with Crippen molar-refractivity contribution in [2.45, 2.75) is 6.92 Å². The molecule has 1 aromatic heterocycles. The standard InChI is InChI=1S/C17H25N5O2/c1-12-19-16(18-8-9-22(2)3)11-17(20-12)21-14-10-13(23-4)6-7-15(14)24-5/h6-7,10-11H,8-9H2,1-5H3,(H2,18,19,20,21). The number of rotatable bonds is 8. The van der Waals surface area contributed by atoms with Crippen molar-refractivity contribution in [1.29, 1.82) is 0 Å². The van der Waals surface area contributed by atoms with Crippen molar-refractivity contribution in [2.75, 3.05) is 52.0 Å². The second-order valence-corrected chi connectivity index (χ2v) is 5.61. The molecule has 1 heterocycles. The summed E-state index contributed by atoms with van der Waals surface area (Å²) in [5, 5.41) is 6.58. The predicted octanol–water partition coefficient (Wildman–Crippen LogP) is 2.52. The Bertz CT molecular complexity index is 676. The lowest BCUT2D eigenvalue weighted by atomic mass is 10.2. The van der Waals surface area contributed by atoms with Crippen LogP contribution in [0.5, 0.6) is 11.5 Å². The van der Waals surface area contributed by atoms with Gasteiger partial charge < -0.3 is 25.0 Å². The minimum absolute atomic E-state index is 0.689. The van der Waals surface area contributed by atoms with Gasteiger partial charge in [-0.1, -0.05) is 0 Å². The molecule has 2 aromatic rings. The first-order chi connectivity index (χ1) is 11.5. The molecule has 7 nitrogen and oxygen atoms in total. The van der Waals surface area contributed by atoms with Gasteiger partial charge in [0.1, 0.15) is 29.0 Å². The molecule has 7 heteroatoms. The van der Waals surface area contributed by atoms with Gasteiger partial charge in [-0.15, -0.1) is 0 Å². The van der Waals surface area contributed by atoms with E-state index in [1.54, 1.807) is 14.2 Å². The molecule has 0 radical (unpaired) electrons. The summed E-state index contributed by atoms with van der Waals surface area (Å²) in [5.74, 6) is 3.63. The maximum atomic E-state index is 5.39. The van der Waals surface area contributed by atoms with Gasteiger partial charge in [-0.2, -0.15) is 0 Å². The van der Waals surface area contributed by atoms with E-state index in [0.29, 0.717) is 17.4 Å². The monoisotopic (exact) mass is 331 g/mol. The Morgan fingerprint density at radius 2 is 1.79 bits per heavy atom. The Kier molecular flexibility index (Phi) is 6.20. The van der Waals surface area contributed by atoms with Crippen molar-refractivity contribution in [3.63, 3.8) is 0 Å². The van der Waals surface area contributed by atoms with E-state index in [9.17, 15) is 0 Å². The van der Waals surface area contributed by atoms with Crippen molar-refractivity contribution in [3.8, 4) is 11.5 Å². The number of aromatic nitrogens is 2. The first kappa shape index (κ1) is 17.8. The van der Waals surface area contributed by atoms with Crippen molar-refractivity contribution < 1.29 is 9.47 Å². The molecule has 0 amide bonds. The highest BCUT2D eigenvalue weighted by Crippen LogP contribution is 2.31. The molecule has 2 N–H and O–H groups in total. The predicted molar refractivity (Wildman–Crippen MR) is 96.6 cm³/mol. The van der Waals surface area contributed by atoms with Crippen LogP contribution in [0, 0.1) is 6.92 Å². The van der Waals surface area contributed by atoms with Crippen molar-refractivity contribution >= 4 is 17.3 Å². The van der Waals surface area contributed by atoms with Gasteiger partial charge in [-0.25, -0.2) is 9.97 Å². The molecule has 0 aliphatic carbocycles. The number of methoxy groups -OCH3 is 2. The average molecular weight is 331 g/mol. The molecule has 0 aliphatic heterocycles. The Morgan fingerprint density at radius 1 is 1.04 bits per heavy atom. The van der Waals surface area contributed by atoms with Crippen LogP contribution in [-0.2, 0) is 0 Å². The highest BCUT2D eigenvalue weighted by Gasteiger charge is 2.08. The van der Waals surface area contributed by atoms with Gasteiger partial charge in [-0.3, -0.25) is 0 Å². The summed E-state index contributed by atoms with van der Waals surface area (Å²) in [7, 11) is 7.34. The number of hydrogen-bond donors (Lipinski definition) is 2. The lowest BCUT2D eigenvalue weighted by molar-refractivity contribution is 0.405. The van der Waals surface area contributed by atoms with Gasteiger partial charge in [0.25, 0.3) is 0 Å². The molecule has 0 spiro atoms. The topological polar surface area (TPSA) is 71.5 Å². The maximum absolute atomic E-state index is 5.39. The second-order valence-electron chi connectivity index (χ2n) is 5.61. The number of aryl methyl sites for hydroxylation is 1. The fourth-order valence-corrected chi connectivity index (χ4v) is 2.18. The molecule has 0 fully saturated rings. The van der Waals surface area contributed by atoms with Crippen LogP contribution in [-0.4, -0.2) is 56.3 Å². The van der Waals surface area contributed by atoms with Crippen molar-refractivity contribution in [1.82, 2.24) is 14.9 Å². The zero-order chi connectivity index (χ0) is 17.5. The summed E-state index contributed by atoms with van der Waals surface area (Å²) in [6, 6.07) is 7.45. The smallest absolute Gasteiger partial charge is 0.142 e. The number of ether oxygens (including phenoxy) is 2. The summed E-state index contributed by atoms with van der Waals surface area (Å²) in [5.41, 5.74) is 0.786. The fraction of sp³-hybridized carbons (Fsp3) is 0.412. The number of benzene rings is 1. The summed E-state index contributed by atoms with van der Waals surface area (Å²) >= 11 is 0. The quantitative estimate of drug-likeness (QED) is 0.770. The van der Waals surface area contributed by atoms with Gasteiger partial charge in [-0.05, 0) is 33.2 Å². The lowest BCUT2D eigenvalue weighted by Crippen LogP contribution is -2.21. The lowest BCUT2D eigenvalue weighted by Gasteiger charge is -2.14. The number of nitrogens with zero attached hydrogens (tertiary/aromatic N) is 3. The van der Waals surface area contributed by atoms with Gasteiger partial charge in [0.2, 0.25) is 0 Å². The number of anilines is 3. The molecule has 24 heavy (non-hydrogen) atoms. The summed E-state index contributed by atoms with van der Waals surface area (Å²) in [4.78, 5) is 11.0. The largest absolute Gasteiger partial charge is 0.497 e. The normalized spacial score (nSPS) is 10.6. The van der Waals surface area contributed by atoms with E-state index in [1.165, 1.54) is 0 Å². The van der Waals surface area contributed by atoms with E-state index in [1.807, 2.05) is 45.3 Å². The maximum Gasteiger partial charge on any atom is 0.142 e. The molecule has 130 valence electrons. The first-order valence-corrected chi connectivity index (χ1v) is 7.75. The van der Waals surface area contributed by atoms with Crippen molar-refractivity contribution in [2.24, 2.45) is 0 Å². The molecule has 0 aliphatic rings. The molecule has 0 saturated carbocycles. The van der Waals surface area contributed by atoms with Crippen LogP contribution < -0.4 is 20.1 Å². The third kappa shape index (κ3) is 4.99. The highest BCUT2D eigenvalue weighted by molar-refractivity contribution is 5.67. The van der Waals surface area contributed by atoms with E-state index in [0.717, 1.165) is 30.3 Å². The van der Waals surface area contributed by atoms with Crippen LogP contribution in [0.3, 0.4) is 0 Å². The molecule has 0 unspecified atom stereocenters. The molecule has 1 aromatic carbocycles. The van der Waals surface area contributed by atoms with Crippen LogP contribution in [0.1, 0.15) is 5.82 Å². The Balaban J connectivity index is 2.18. The number of likely N-dealkylation sites (N-methyl/N-ethyl adjacent to an activating group) is 1. The highest BCUT2D eigenvalue weighted by atomic mass is 16.5. The molecule has 0 bridgehead atoms. The van der Waals surface area contributed by atoms with Gasteiger partial charge in [0, 0.05) is 25.2 Å². The SMILES string of the molecule is COc1ccc(OC)c(Nc2cc(NCCN(C)C)nc(C)n2)c1. The van der Waals surface area contributed by atoms with E-state index in [-0.39, 0.29) is 0 Å². The molecular weight excluding hydrogens is 306 g/mol. The van der Waals surface area contributed by atoms with Crippen LogP contribution in [0.4, 0.5) is 17.3 Å². The Hall–Kier alpha value is -2.54. The molecule has 2 rings (SSSR count). The van der Waals surface area contributed by atoms with E-state index in [4.69, 9.17) is 9.47 Å². The molecule has 0 saturated heterocycles. The van der Waals surface area contributed by atoms with Crippen LogP contribution in [0.15, 0.2) is 24.3 Å². The molecule has 0 atom stereocenters.